The average molecular weight is 306 g/mol. The Bertz CT molecular complexity index is 624. The van der Waals surface area contributed by atoms with Crippen LogP contribution in [0.25, 0.3) is 0 Å². The predicted molar refractivity (Wildman–Crippen MR) is 86.8 cm³/mol. The lowest BCUT2D eigenvalue weighted by Gasteiger charge is -2.10. The molecule has 0 unspecified atom stereocenters. The molecule has 0 saturated carbocycles. The van der Waals surface area contributed by atoms with E-state index in [1.807, 2.05) is 36.6 Å². The molecule has 5 nitrogen and oxygen atoms in total. The highest BCUT2D eigenvalue weighted by molar-refractivity contribution is 7.80. The van der Waals surface area contributed by atoms with Gasteiger partial charge in [-0.3, -0.25) is 5.43 Å². The zero-order valence-corrected chi connectivity index (χ0v) is 12.7. The van der Waals surface area contributed by atoms with Crippen LogP contribution < -0.4 is 15.5 Å². The van der Waals surface area contributed by atoms with E-state index in [1.54, 1.807) is 24.7 Å². The van der Waals surface area contributed by atoms with Crippen LogP contribution in [0.15, 0.2) is 34.7 Å². The Labute approximate surface area is 126 Å². The van der Waals surface area contributed by atoms with Gasteiger partial charge in [0.05, 0.1) is 29.7 Å². The first-order valence-corrected chi connectivity index (χ1v) is 7.13. The van der Waals surface area contributed by atoms with Crippen LogP contribution in [-0.2, 0) is 0 Å². The summed E-state index contributed by atoms with van der Waals surface area (Å²) in [5.74, 6) is 0.718. The summed E-state index contributed by atoms with van der Waals surface area (Å²) >= 11 is 6.73. The minimum Gasteiger partial charge on any atom is -0.495 e. The quantitative estimate of drug-likeness (QED) is 0.517. The van der Waals surface area contributed by atoms with Gasteiger partial charge in [-0.05, 0) is 31.3 Å². The van der Waals surface area contributed by atoms with E-state index in [0.29, 0.717) is 5.11 Å². The summed E-state index contributed by atoms with van der Waals surface area (Å²) in [6.45, 7) is 1.95. The minimum atomic E-state index is 0.387. The highest BCUT2D eigenvalue weighted by Crippen LogP contribution is 2.22. The summed E-state index contributed by atoms with van der Waals surface area (Å²) in [4.78, 5) is 4.26. The van der Waals surface area contributed by atoms with E-state index >= 15 is 0 Å². The second-order valence-corrected chi connectivity index (χ2v) is 5.29. The van der Waals surface area contributed by atoms with Crippen molar-refractivity contribution in [3.8, 4) is 5.75 Å². The lowest BCUT2D eigenvalue weighted by molar-refractivity contribution is 0.417. The maximum absolute atomic E-state index is 5.23. The highest BCUT2D eigenvalue weighted by atomic mass is 32.1. The maximum atomic E-state index is 5.23. The van der Waals surface area contributed by atoms with Crippen molar-refractivity contribution in [2.45, 2.75) is 6.92 Å². The minimum absolute atomic E-state index is 0.387. The van der Waals surface area contributed by atoms with E-state index in [4.69, 9.17) is 17.0 Å². The number of thiazole rings is 1. The van der Waals surface area contributed by atoms with E-state index in [-0.39, 0.29) is 0 Å². The molecule has 0 aliphatic carbocycles. The van der Waals surface area contributed by atoms with Gasteiger partial charge in [0.25, 0.3) is 0 Å². The molecule has 0 amide bonds. The van der Waals surface area contributed by atoms with E-state index in [0.717, 1.165) is 22.1 Å². The third-order valence-electron chi connectivity index (χ3n) is 2.35. The van der Waals surface area contributed by atoms with Gasteiger partial charge < -0.3 is 10.1 Å². The summed E-state index contributed by atoms with van der Waals surface area (Å²) < 4.78 is 5.23. The van der Waals surface area contributed by atoms with Crippen LogP contribution in [0.2, 0.25) is 0 Å². The van der Waals surface area contributed by atoms with Crippen LogP contribution >= 0.6 is 23.6 Å². The molecule has 0 saturated heterocycles. The zero-order chi connectivity index (χ0) is 14.4. The number of aryl methyl sites for hydroxylation is 1. The monoisotopic (exact) mass is 306 g/mol. The number of methoxy groups -OCH3 is 1. The fourth-order valence-corrected chi connectivity index (χ4v) is 2.22. The summed E-state index contributed by atoms with van der Waals surface area (Å²) in [5, 5.41) is 10.4. The zero-order valence-electron chi connectivity index (χ0n) is 11.1. The van der Waals surface area contributed by atoms with Gasteiger partial charge in [-0.25, -0.2) is 4.98 Å². The Morgan fingerprint density at radius 3 is 2.95 bits per heavy atom. The van der Waals surface area contributed by atoms with Crippen LogP contribution in [0.4, 0.5) is 5.69 Å². The summed E-state index contributed by atoms with van der Waals surface area (Å²) in [6.07, 6.45) is 1.62. The van der Waals surface area contributed by atoms with Gasteiger partial charge in [0.15, 0.2) is 5.11 Å². The number of anilines is 1. The van der Waals surface area contributed by atoms with Crippen LogP contribution in [-0.4, -0.2) is 23.4 Å². The molecule has 0 fully saturated rings. The second-order valence-electron chi connectivity index (χ2n) is 3.82. The third kappa shape index (κ3) is 4.01. The SMILES string of the molecule is COc1ccccc1NC(=S)N/N=C/c1csc(C)n1. The summed E-state index contributed by atoms with van der Waals surface area (Å²) in [5.41, 5.74) is 4.33. The van der Waals surface area contributed by atoms with E-state index < -0.39 is 0 Å². The first kappa shape index (κ1) is 14.4. The van der Waals surface area contributed by atoms with Gasteiger partial charge >= 0.3 is 0 Å². The standard InChI is InChI=1S/C13H14N4OS2/c1-9-15-10(8-20-9)7-14-17-13(19)16-11-5-3-4-6-12(11)18-2/h3-8H,1-2H3,(H2,16,17,19)/b14-7+. The molecular weight excluding hydrogens is 292 g/mol. The molecule has 7 heteroatoms. The molecule has 2 N–H and O–H groups in total. The van der Waals surface area contributed by atoms with Gasteiger partial charge in [-0.15, -0.1) is 11.3 Å². The van der Waals surface area contributed by atoms with Crippen LogP contribution in [0.5, 0.6) is 5.75 Å². The number of nitrogens with one attached hydrogen (secondary N) is 2. The first-order valence-electron chi connectivity index (χ1n) is 5.84. The molecular formula is C13H14N4OS2. The smallest absolute Gasteiger partial charge is 0.191 e. The van der Waals surface area contributed by atoms with Crippen LogP contribution in [0, 0.1) is 6.92 Å². The number of thiocarbonyl (C=S) groups is 1. The number of benzene rings is 1. The van der Waals surface area contributed by atoms with Crippen molar-refractivity contribution in [1.82, 2.24) is 10.4 Å². The Morgan fingerprint density at radius 2 is 2.25 bits per heavy atom. The number of nitrogens with zero attached hydrogens (tertiary/aromatic N) is 2. The summed E-state index contributed by atoms with van der Waals surface area (Å²) in [6, 6.07) is 7.52. The van der Waals surface area contributed by atoms with Crippen molar-refractivity contribution in [2.75, 3.05) is 12.4 Å². The van der Waals surface area contributed by atoms with Crippen molar-refractivity contribution >= 4 is 40.6 Å². The van der Waals surface area contributed by atoms with Gasteiger partial charge in [0.2, 0.25) is 0 Å². The third-order valence-corrected chi connectivity index (χ3v) is 3.34. The molecule has 2 aromatic rings. The van der Waals surface area contributed by atoms with Gasteiger partial charge in [-0.2, -0.15) is 5.10 Å². The Hall–Kier alpha value is -1.99. The lowest BCUT2D eigenvalue weighted by Crippen LogP contribution is -2.24. The topological polar surface area (TPSA) is 58.5 Å². The number of hydrogen-bond acceptors (Lipinski definition) is 5. The van der Waals surface area contributed by atoms with Crippen LogP contribution in [0.1, 0.15) is 10.7 Å². The molecule has 20 heavy (non-hydrogen) atoms. The molecule has 1 aromatic carbocycles. The van der Waals surface area contributed by atoms with Crippen molar-refractivity contribution in [3.05, 3.63) is 40.3 Å². The maximum Gasteiger partial charge on any atom is 0.191 e. The fraction of sp³-hybridized carbons (Fsp3) is 0.154. The predicted octanol–water partition coefficient (Wildman–Crippen LogP) is 2.78. The highest BCUT2D eigenvalue weighted by Gasteiger charge is 2.02. The first-order chi connectivity index (χ1) is 9.69. The molecule has 1 heterocycles. The van der Waals surface area contributed by atoms with Crippen LogP contribution in [0.3, 0.4) is 0 Å². The second kappa shape index (κ2) is 6.97. The number of aromatic nitrogens is 1. The van der Waals surface area contributed by atoms with Gasteiger partial charge in [-0.1, -0.05) is 12.1 Å². The van der Waals surface area contributed by atoms with E-state index in [2.05, 4.69) is 20.8 Å². The normalized spacial score (nSPS) is 10.5. The Morgan fingerprint density at radius 1 is 1.45 bits per heavy atom. The molecule has 0 atom stereocenters. The average Bonchev–Trinajstić information content (AvgIpc) is 2.85. The number of hydrogen-bond donors (Lipinski definition) is 2. The molecule has 0 aliphatic heterocycles. The molecule has 0 bridgehead atoms. The fourth-order valence-electron chi connectivity index (χ4n) is 1.49. The van der Waals surface area contributed by atoms with Crippen molar-refractivity contribution in [1.29, 1.82) is 0 Å². The van der Waals surface area contributed by atoms with Crippen molar-refractivity contribution < 1.29 is 4.74 Å². The Kier molecular flexibility index (Phi) is 5.03. The van der Waals surface area contributed by atoms with E-state index in [1.165, 1.54) is 0 Å². The number of ether oxygens (including phenoxy) is 1. The molecule has 104 valence electrons. The lowest BCUT2D eigenvalue weighted by atomic mass is 10.3. The molecule has 2 rings (SSSR count). The number of rotatable bonds is 4. The molecule has 0 radical (unpaired) electrons. The molecule has 1 aromatic heterocycles. The Balaban J connectivity index is 1.91. The summed E-state index contributed by atoms with van der Waals surface area (Å²) in [7, 11) is 1.61. The van der Waals surface area contributed by atoms with Gasteiger partial charge in [0, 0.05) is 5.38 Å². The largest absolute Gasteiger partial charge is 0.495 e. The van der Waals surface area contributed by atoms with Gasteiger partial charge in [0.1, 0.15) is 5.75 Å². The number of para-hydroxylation sites is 2. The van der Waals surface area contributed by atoms with Crippen molar-refractivity contribution in [2.24, 2.45) is 5.10 Å². The molecule has 0 spiro atoms. The van der Waals surface area contributed by atoms with Crippen molar-refractivity contribution in [3.63, 3.8) is 0 Å². The molecule has 0 aliphatic rings. The number of hydrazone groups is 1. The van der Waals surface area contributed by atoms with E-state index in [9.17, 15) is 0 Å².